The highest BCUT2D eigenvalue weighted by molar-refractivity contribution is 5.92. The van der Waals surface area contributed by atoms with Crippen LogP contribution >= 0.6 is 0 Å². The summed E-state index contributed by atoms with van der Waals surface area (Å²) in [5.74, 6) is -0.196. The molecule has 1 aromatic carbocycles. The summed E-state index contributed by atoms with van der Waals surface area (Å²) in [6, 6.07) is 7.90. The summed E-state index contributed by atoms with van der Waals surface area (Å²) in [7, 11) is 0. The van der Waals surface area contributed by atoms with Gasteiger partial charge in [-0.3, -0.25) is 4.79 Å². The summed E-state index contributed by atoms with van der Waals surface area (Å²) in [5.41, 5.74) is 3.64. The number of nitrogens with one attached hydrogen (secondary N) is 2. The Kier molecular flexibility index (Phi) is 4.29. The van der Waals surface area contributed by atoms with Crippen molar-refractivity contribution in [1.29, 1.82) is 0 Å². The third kappa shape index (κ3) is 3.40. The summed E-state index contributed by atoms with van der Waals surface area (Å²) < 4.78 is 1.61. The van der Waals surface area contributed by atoms with Crippen LogP contribution in [-0.4, -0.2) is 40.5 Å². The van der Waals surface area contributed by atoms with Gasteiger partial charge in [-0.15, -0.1) is 5.10 Å². The van der Waals surface area contributed by atoms with E-state index in [0.29, 0.717) is 12.2 Å². The average molecular weight is 297 g/mol. The zero-order valence-electron chi connectivity index (χ0n) is 12.5. The van der Waals surface area contributed by atoms with Gasteiger partial charge < -0.3 is 10.6 Å². The summed E-state index contributed by atoms with van der Waals surface area (Å²) in [6.45, 7) is 4.43. The summed E-state index contributed by atoms with van der Waals surface area (Å²) in [6.07, 6.45) is 4.74. The molecule has 0 saturated carbocycles. The van der Waals surface area contributed by atoms with Crippen molar-refractivity contribution < 1.29 is 4.79 Å². The van der Waals surface area contributed by atoms with Crippen LogP contribution in [0.3, 0.4) is 0 Å². The lowest BCUT2D eigenvalue weighted by Gasteiger charge is -2.13. The van der Waals surface area contributed by atoms with Crippen molar-refractivity contribution in [3.8, 4) is 5.69 Å². The Morgan fingerprint density at radius 2 is 2.18 bits per heavy atom. The molecule has 6 nitrogen and oxygen atoms in total. The van der Waals surface area contributed by atoms with Crippen LogP contribution in [-0.2, 0) is 0 Å². The van der Waals surface area contributed by atoms with Crippen LogP contribution in [0.4, 0.5) is 0 Å². The van der Waals surface area contributed by atoms with Crippen molar-refractivity contribution in [2.24, 2.45) is 0 Å². The predicted molar refractivity (Wildman–Crippen MR) is 84.0 cm³/mol. The Morgan fingerprint density at radius 3 is 2.91 bits per heavy atom. The number of nitrogens with zero attached hydrogens (tertiary/aromatic N) is 3. The molecule has 114 valence electrons. The molecule has 2 heterocycles. The number of aryl methyl sites for hydroxylation is 1. The first-order valence-corrected chi connectivity index (χ1v) is 7.38. The Hall–Kier alpha value is -2.47. The molecule has 1 aliphatic heterocycles. The Labute approximate surface area is 129 Å². The summed E-state index contributed by atoms with van der Waals surface area (Å²) in [4.78, 5) is 12.1. The predicted octanol–water partition coefficient (Wildman–Crippen LogP) is 1.23. The van der Waals surface area contributed by atoms with Crippen molar-refractivity contribution in [3.63, 3.8) is 0 Å². The maximum Gasteiger partial charge on any atom is 0.273 e. The molecule has 3 rings (SSSR count). The zero-order chi connectivity index (χ0) is 15.4. The third-order valence-electron chi connectivity index (χ3n) is 3.66. The highest BCUT2D eigenvalue weighted by Gasteiger charge is 2.12. The van der Waals surface area contributed by atoms with Gasteiger partial charge in [0.2, 0.25) is 0 Å². The van der Waals surface area contributed by atoms with E-state index < -0.39 is 0 Å². The van der Waals surface area contributed by atoms with E-state index in [9.17, 15) is 4.79 Å². The molecule has 0 aliphatic carbocycles. The lowest BCUT2D eigenvalue weighted by atomic mass is 10.1. The normalized spacial score (nSPS) is 14.5. The average Bonchev–Trinajstić information content (AvgIpc) is 3.04. The van der Waals surface area contributed by atoms with Gasteiger partial charge in [0, 0.05) is 13.1 Å². The second-order valence-electron chi connectivity index (χ2n) is 5.38. The largest absolute Gasteiger partial charge is 0.347 e. The van der Waals surface area contributed by atoms with Gasteiger partial charge in [0.05, 0.1) is 11.9 Å². The van der Waals surface area contributed by atoms with Gasteiger partial charge in [-0.2, -0.15) is 0 Å². The minimum Gasteiger partial charge on any atom is -0.347 e. The molecule has 6 heteroatoms. The number of carbonyl (C=O) groups excluding carboxylic acids is 1. The molecule has 1 amide bonds. The Bertz CT molecular complexity index is 687. The first kappa shape index (κ1) is 14.5. The van der Waals surface area contributed by atoms with Gasteiger partial charge in [-0.05, 0) is 32.0 Å². The highest BCUT2D eigenvalue weighted by atomic mass is 16.2. The molecule has 2 N–H and O–H groups in total. The molecule has 0 saturated heterocycles. The second kappa shape index (κ2) is 6.53. The topological polar surface area (TPSA) is 71.8 Å². The molecule has 0 unspecified atom stereocenters. The van der Waals surface area contributed by atoms with E-state index in [4.69, 9.17) is 0 Å². The number of hydrogen-bond donors (Lipinski definition) is 2. The van der Waals surface area contributed by atoms with Gasteiger partial charge in [0.25, 0.3) is 5.91 Å². The van der Waals surface area contributed by atoms with E-state index in [1.807, 2.05) is 31.2 Å². The van der Waals surface area contributed by atoms with Crippen LogP contribution < -0.4 is 10.6 Å². The van der Waals surface area contributed by atoms with Gasteiger partial charge in [-0.25, -0.2) is 4.68 Å². The smallest absolute Gasteiger partial charge is 0.273 e. The van der Waals surface area contributed by atoms with E-state index in [1.165, 1.54) is 11.1 Å². The van der Waals surface area contributed by atoms with Crippen molar-refractivity contribution in [3.05, 3.63) is 53.4 Å². The zero-order valence-corrected chi connectivity index (χ0v) is 12.5. The van der Waals surface area contributed by atoms with Crippen LogP contribution in [0.1, 0.15) is 22.5 Å². The highest BCUT2D eigenvalue weighted by Crippen LogP contribution is 2.08. The molecular formula is C16H19N5O. The van der Waals surface area contributed by atoms with Crippen molar-refractivity contribution in [1.82, 2.24) is 25.6 Å². The molecule has 2 aromatic rings. The van der Waals surface area contributed by atoms with Crippen LogP contribution in [0.15, 0.2) is 42.1 Å². The number of rotatable bonds is 4. The van der Waals surface area contributed by atoms with Crippen LogP contribution in [0.5, 0.6) is 0 Å². The van der Waals surface area contributed by atoms with Crippen LogP contribution in [0.25, 0.3) is 5.69 Å². The molecule has 0 atom stereocenters. The van der Waals surface area contributed by atoms with E-state index >= 15 is 0 Å². The molecule has 0 spiro atoms. The molecular weight excluding hydrogens is 278 g/mol. The first-order chi connectivity index (χ1) is 10.7. The fraction of sp³-hybridized carbons (Fsp3) is 0.312. The molecule has 0 bridgehead atoms. The Balaban J connectivity index is 1.64. The number of carbonyl (C=O) groups is 1. The number of hydrogen-bond acceptors (Lipinski definition) is 4. The van der Waals surface area contributed by atoms with Gasteiger partial charge >= 0.3 is 0 Å². The van der Waals surface area contributed by atoms with Crippen LogP contribution in [0.2, 0.25) is 0 Å². The minimum absolute atomic E-state index is 0.196. The van der Waals surface area contributed by atoms with Crippen molar-refractivity contribution in [2.75, 3.05) is 19.6 Å². The second-order valence-corrected chi connectivity index (χ2v) is 5.38. The Morgan fingerprint density at radius 1 is 1.36 bits per heavy atom. The third-order valence-corrected chi connectivity index (χ3v) is 3.66. The fourth-order valence-corrected chi connectivity index (χ4v) is 2.31. The maximum absolute atomic E-state index is 12.1. The molecule has 0 fully saturated rings. The number of aromatic nitrogens is 3. The first-order valence-electron chi connectivity index (χ1n) is 7.38. The van der Waals surface area contributed by atoms with Gasteiger partial charge in [0.15, 0.2) is 5.69 Å². The monoisotopic (exact) mass is 297 g/mol. The lowest BCUT2D eigenvalue weighted by Crippen LogP contribution is -2.29. The van der Waals surface area contributed by atoms with E-state index in [1.54, 1.807) is 10.9 Å². The minimum atomic E-state index is -0.196. The lowest BCUT2D eigenvalue weighted by molar-refractivity contribution is 0.0951. The number of benzene rings is 1. The fourth-order valence-electron chi connectivity index (χ4n) is 2.31. The summed E-state index contributed by atoms with van der Waals surface area (Å²) in [5, 5.41) is 14.1. The van der Waals surface area contributed by atoms with Crippen molar-refractivity contribution >= 4 is 5.91 Å². The standard InChI is InChI=1S/C16H19N5O/c1-12-2-4-14(5-3-12)21-11-15(19-20-21)16(22)18-10-13-6-8-17-9-7-13/h2-6,11,17H,7-10H2,1H3,(H,18,22). The van der Waals surface area contributed by atoms with Gasteiger partial charge in [0.1, 0.15) is 0 Å². The molecule has 0 radical (unpaired) electrons. The molecule has 22 heavy (non-hydrogen) atoms. The van der Waals surface area contributed by atoms with E-state index in [0.717, 1.165) is 25.2 Å². The maximum atomic E-state index is 12.1. The quantitative estimate of drug-likeness (QED) is 0.833. The van der Waals surface area contributed by atoms with Gasteiger partial charge in [-0.1, -0.05) is 34.6 Å². The van der Waals surface area contributed by atoms with Crippen molar-refractivity contribution in [2.45, 2.75) is 13.3 Å². The summed E-state index contributed by atoms with van der Waals surface area (Å²) >= 11 is 0. The van der Waals surface area contributed by atoms with E-state index in [2.05, 4.69) is 27.0 Å². The van der Waals surface area contributed by atoms with E-state index in [-0.39, 0.29) is 5.91 Å². The SMILES string of the molecule is Cc1ccc(-n2cc(C(=O)NCC3=CCNCC3)nn2)cc1. The number of amides is 1. The van der Waals surface area contributed by atoms with Crippen LogP contribution in [0, 0.1) is 6.92 Å². The molecule has 1 aromatic heterocycles. The molecule has 1 aliphatic rings.